The maximum atomic E-state index is 2.41. The first-order valence-corrected chi connectivity index (χ1v) is 17.5. The molecule has 2 nitrogen and oxygen atoms in total. The fraction of sp³-hybridized carbons (Fsp3) is 0. The Balaban J connectivity index is 1.15. The molecule has 0 atom stereocenters. The highest BCUT2D eigenvalue weighted by Crippen LogP contribution is 2.43. The Kier molecular flexibility index (Phi) is 6.39. The second kappa shape index (κ2) is 11.2. The Morgan fingerprint density at radius 2 is 1.00 bits per heavy atom. The van der Waals surface area contributed by atoms with Crippen molar-refractivity contribution in [3.63, 3.8) is 0 Å². The van der Waals surface area contributed by atoms with Crippen molar-refractivity contribution in [1.82, 2.24) is 4.57 Å². The van der Waals surface area contributed by atoms with E-state index >= 15 is 0 Å². The molecule has 0 bridgehead atoms. The highest BCUT2D eigenvalue weighted by atomic mass is 32.1. The van der Waals surface area contributed by atoms with Gasteiger partial charge in [0.2, 0.25) is 0 Å². The number of fused-ring (bicyclic) bond motifs is 7. The van der Waals surface area contributed by atoms with Crippen LogP contribution in [-0.4, -0.2) is 4.57 Å². The van der Waals surface area contributed by atoms with Crippen LogP contribution in [0.25, 0.3) is 69.6 Å². The van der Waals surface area contributed by atoms with E-state index in [2.05, 4.69) is 191 Å². The first-order valence-electron chi connectivity index (χ1n) is 16.7. The molecular formula is C46H30N2S. The van der Waals surface area contributed by atoms with Crippen molar-refractivity contribution in [1.29, 1.82) is 0 Å². The number of benzene rings is 8. The Bertz CT molecular complexity index is 2780. The predicted molar refractivity (Wildman–Crippen MR) is 211 cm³/mol. The number of hydrogen-bond donors (Lipinski definition) is 0. The number of rotatable bonds is 5. The minimum atomic E-state index is 1.12. The van der Waals surface area contributed by atoms with E-state index in [0.717, 1.165) is 17.1 Å². The molecular weight excluding hydrogens is 613 g/mol. The molecule has 0 spiro atoms. The molecule has 0 unspecified atom stereocenters. The molecule has 0 N–H and O–H groups in total. The Hall–Kier alpha value is -6.16. The van der Waals surface area contributed by atoms with Gasteiger partial charge in [-0.1, -0.05) is 121 Å². The van der Waals surface area contributed by atoms with E-state index in [-0.39, 0.29) is 0 Å². The van der Waals surface area contributed by atoms with E-state index in [1.165, 1.54) is 69.6 Å². The van der Waals surface area contributed by atoms with Gasteiger partial charge in [-0.3, -0.25) is 0 Å². The minimum absolute atomic E-state index is 1.12. The van der Waals surface area contributed by atoms with Gasteiger partial charge in [0, 0.05) is 53.3 Å². The van der Waals surface area contributed by atoms with Gasteiger partial charge in [0.1, 0.15) is 0 Å². The number of thiophene rings is 1. The zero-order valence-corrected chi connectivity index (χ0v) is 27.4. The van der Waals surface area contributed by atoms with Crippen LogP contribution in [0.15, 0.2) is 182 Å². The molecule has 3 heteroatoms. The summed E-state index contributed by atoms with van der Waals surface area (Å²) in [7, 11) is 0. The van der Waals surface area contributed by atoms with Gasteiger partial charge in [0.05, 0.1) is 22.4 Å². The molecule has 49 heavy (non-hydrogen) atoms. The molecule has 0 aliphatic rings. The van der Waals surface area contributed by atoms with Gasteiger partial charge in [0.15, 0.2) is 0 Å². The standard InChI is InChI=1S/C46H30N2S/c1-2-14-35-31(12-1)13-11-22-41(35)47(34-28-29-46-40(30-34)39-18-6-10-23-45(39)49-46)33-26-24-32(25-27-33)36-15-3-7-19-42(36)48-43-20-8-4-16-37(43)38-17-5-9-21-44(38)48/h1-30H. The summed E-state index contributed by atoms with van der Waals surface area (Å²) in [4.78, 5) is 2.41. The van der Waals surface area contributed by atoms with E-state index in [0.29, 0.717) is 0 Å². The van der Waals surface area contributed by atoms with Crippen LogP contribution in [0.4, 0.5) is 17.1 Å². The molecule has 8 aromatic carbocycles. The third kappa shape index (κ3) is 4.47. The van der Waals surface area contributed by atoms with Crippen molar-refractivity contribution in [3.05, 3.63) is 182 Å². The van der Waals surface area contributed by atoms with E-state index in [4.69, 9.17) is 0 Å². The Labute approximate surface area is 288 Å². The number of aromatic nitrogens is 1. The summed E-state index contributed by atoms with van der Waals surface area (Å²) in [5.74, 6) is 0. The molecule has 10 aromatic rings. The van der Waals surface area contributed by atoms with Crippen LogP contribution in [0, 0.1) is 0 Å². The van der Waals surface area contributed by atoms with Crippen molar-refractivity contribution >= 4 is 81.1 Å². The van der Waals surface area contributed by atoms with Crippen molar-refractivity contribution in [2.75, 3.05) is 4.90 Å². The SMILES string of the molecule is c1ccc(-n2c3ccccc3c3ccccc32)c(-c2ccc(N(c3ccc4sc5ccccc5c4c3)c3cccc4ccccc34)cc2)c1. The molecule has 0 radical (unpaired) electrons. The van der Waals surface area contributed by atoms with Crippen molar-refractivity contribution < 1.29 is 0 Å². The van der Waals surface area contributed by atoms with Crippen LogP contribution >= 0.6 is 11.3 Å². The summed E-state index contributed by atoms with van der Waals surface area (Å²) in [5.41, 5.74) is 9.40. The molecule has 0 aliphatic carbocycles. The quantitative estimate of drug-likeness (QED) is 0.181. The molecule has 2 heterocycles. The molecule has 0 saturated heterocycles. The zero-order valence-electron chi connectivity index (χ0n) is 26.6. The predicted octanol–water partition coefficient (Wildman–Crippen LogP) is 13.4. The smallest absolute Gasteiger partial charge is 0.0541 e. The fourth-order valence-corrected chi connectivity index (χ4v) is 8.65. The second-order valence-corrected chi connectivity index (χ2v) is 13.6. The zero-order chi connectivity index (χ0) is 32.3. The molecule has 10 rings (SSSR count). The van der Waals surface area contributed by atoms with Gasteiger partial charge in [-0.2, -0.15) is 0 Å². The maximum absolute atomic E-state index is 2.41. The van der Waals surface area contributed by atoms with Crippen LogP contribution in [0.5, 0.6) is 0 Å². The van der Waals surface area contributed by atoms with Crippen LogP contribution < -0.4 is 4.90 Å². The third-order valence-electron chi connectivity index (χ3n) is 9.79. The fourth-order valence-electron chi connectivity index (χ4n) is 7.57. The van der Waals surface area contributed by atoms with Crippen LogP contribution in [0.1, 0.15) is 0 Å². The average molecular weight is 643 g/mol. The lowest BCUT2D eigenvalue weighted by Crippen LogP contribution is -2.10. The molecule has 2 aromatic heterocycles. The summed E-state index contributed by atoms with van der Waals surface area (Å²) >= 11 is 1.86. The summed E-state index contributed by atoms with van der Waals surface area (Å²) in [5, 5.41) is 7.58. The van der Waals surface area contributed by atoms with Crippen LogP contribution in [0.2, 0.25) is 0 Å². The number of hydrogen-bond acceptors (Lipinski definition) is 2. The second-order valence-electron chi connectivity index (χ2n) is 12.5. The van der Waals surface area contributed by atoms with E-state index in [1.807, 2.05) is 11.3 Å². The molecule has 0 fully saturated rings. The van der Waals surface area contributed by atoms with Crippen molar-refractivity contribution in [2.45, 2.75) is 0 Å². The number of para-hydroxylation sites is 3. The van der Waals surface area contributed by atoms with Gasteiger partial charge in [-0.15, -0.1) is 11.3 Å². The summed E-state index contributed by atoms with van der Waals surface area (Å²) < 4.78 is 5.04. The maximum Gasteiger partial charge on any atom is 0.0541 e. The average Bonchev–Trinajstić information content (AvgIpc) is 3.71. The van der Waals surface area contributed by atoms with Gasteiger partial charge in [-0.05, 0) is 71.6 Å². The first-order chi connectivity index (χ1) is 24.3. The number of anilines is 3. The molecule has 0 saturated carbocycles. The Morgan fingerprint density at radius 1 is 0.408 bits per heavy atom. The van der Waals surface area contributed by atoms with E-state index < -0.39 is 0 Å². The summed E-state index contributed by atoms with van der Waals surface area (Å²) in [6.07, 6.45) is 0. The van der Waals surface area contributed by atoms with Gasteiger partial charge in [0.25, 0.3) is 0 Å². The first kappa shape index (κ1) is 27.9. The highest BCUT2D eigenvalue weighted by molar-refractivity contribution is 7.25. The van der Waals surface area contributed by atoms with Crippen LogP contribution in [0.3, 0.4) is 0 Å². The van der Waals surface area contributed by atoms with Gasteiger partial charge in [-0.25, -0.2) is 0 Å². The highest BCUT2D eigenvalue weighted by Gasteiger charge is 2.19. The molecule has 230 valence electrons. The summed E-state index contributed by atoms with van der Waals surface area (Å²) in [6.45, 7) is 0. The molecule has 0 amide bonds. The normalized spacial score (nSPS) is 11.7. The lowest BCUT2D eigenvalue weighted by molar-refractivity contribution is 1.18. The monoisotopic (exact) mass is 642 g/mol. The van der Waals surface area contributed by atoms with E-state index in [1.54, 1.807) is 0 Å². The lowest BCUT2D eigenvalue weighted by atomic mass is 10.0. The van der Waals surface area contributed by atoms with Gasteiger partial charge < -0.3 is 9.47 Å². The van der Waals surface area contributed by atoms with Gasteiger partial charge >= 0.3 is 0 Å². The van der Waals surface area contributed by atoms with Crippen LogP contribution in [-0.2, 0) is 0 Å². The van der Waals surface area contributed by atoms with Crippen molar-refractivity contribution in [2.24, 2.45) is 0 Å². The third-order valence-corrected chi connectivity index (χ3v) is 10.9. The lowest BCUT2D eigenvalue weighted by Gasteiger charge is -2.27. The number of nitrogens with zero attached hydrogens (tertiary/aromatic N) is 2. The summed E-state index contributed by atoms with van der Waals surface area (Å²) in [6, 6.07) is 66.2. The van der Waals surface area contributed by atoms with E-state index in [9.17, 15) is 0 Å². The minimum Gasteiger partial charge on any atom is -0.310 e. The topological polar surface area (TPSA) is 8.17 Å². The Morgan fingerprint density at radius 3 is 1.80 bits per heavy atom. The molecule has 0 aliphatic heterocycles. The van der Waals surface area contributed by atoms with Crippen molar-refractivity contribution in [3.8, 4) is 16.8 Å². The largest absolute Gasteiger partial charge is 0.310 e.